The van der Waals surface area contributed by atoms with Gasteiger partial charge in [0.15, 0.2) is 0 Å². The van der Waals surface area contributed by atoms with Crippen LogP contribution in [0.2, 0.25) is 0 Å². The van der Waals surface area contributed by atoms with Gasteiger partial charge in [0.2, 0.25) is 0 Å². The van der Waals surface area contributed by atoms with Crippen LogP contribution in [0.5, 0.6) is 5.75 Å². The number of benzene rings is 2. The number of ether oxygens (including phenoxy) is 2. The van der Waals surface area contributed by atoms with E-state index in [0.29, 0.717) is 25.2 Å². The molecule has 4 rings (SSSR count). The first-order chi connectivity index (χ1) is 19.2. The number of hydrogen-bond acceptors (Lipinski definition) is 5. The van der Waals surface area contributed by atoms with E-state index in [4.69, 9.17) is 9.47 Å². The van der Waals surface area contributed by atoms with E-state index in [-0.39, 0.29) is 61.3 Å². The minimum absolute atomic E-state index is 0. The highest BCUT2D eigenvalue weighted by Gasteiger charge is 2.36. The summed E-state index contributed by atoms with van der Waals surface area (Å²) in [5, 5.41) is 0. The summed E-state index contributed by atoms with van der Waals surface area (Å²) < 4.78 is 90.7. The van der Waals surface area contributed by atoms with E-state index in [9.17, 15) is 31.1 Å². The fraction of sp³-hybridized carbons (Fsp3) is 0.552. The lowest BCUT2D eigenvalue weighted by molar-refractivity contribution is -0.138. The molecule has 2 saturated heterocycles. The first kappa shape index (κ1) is 36.9. The molecule has 0 radical (unpaired) electrons. The average Bonchev–Trinajstić information content (AvgIpc) is 2.90. The fourth-order valence-electron chi connectivity index (χ4n) is 5.59. The van der Waals surface area contributed by atoms with Gasteiger partial charge >= 0.3 is 12.4 Å². The third kappa shape index (κ3) is 9.87. The molecule has 3 atom stereocenters. The highest BCUT2D eigenvalue weighted by Crippen LogP contribution is 2.34. The Labute approximate surface area is 260 Å². The normalized spacial score (nSPS) is 22.0. The van der Waals surface area contributed by atoms with Crippen molar-refractivity contribution in [3.8, 4) is 5.75 Å². The van der Waals surface area contributed by atoms with Crippen LogP contribution in [0.15, 0.2) is 42.5 Å². The topological polar surface area (TPSA) is 45.2 Å². The number of carbonyl (C=O) groups excluding carboxylic acids is 1. The molecule has 0 unspecified atom stereocenters. The first-order valence-corrected chi connectivity index (χ1v) is 13.6. The van der Waals surface area contributed by atoms with E-state index >= 15 is 0 Å². The average molecular weight is 661 g/mol. The fourth-order valence-corrected chi connectivity index (χ4v) is 5.59. The summed E-state index contributed by atoms with van der Waals surface area (Å²) in [6, 6.07) is 7.23. The van der Waals surface area contributed by atoms with Crippen LogP contribution < -0.4 is 4.74 Å². The van der Waals surface area contributed by atoms with Crippen molar-refractivity contribution in [2.75, 3.05) is 52.9 Å². The summed E-state index contributed by atoms with van der Waals surface area (Å²) in [6.07, 6.45) is -8.66. The van der Waals surface area contributed by atoms with Crippen LogP contribution in [0, 0.1) is 0 Å². The number of amides is 1. The van der Waals surface area contributed by atoms with Crippen LogP contribution in [0.4, 0.5) is 26.3 Å². The van der Waals surface area contributed by atoms with E-state index in [1.165, 1.54) is 30.2 Å². The molecule has 43 heavy (non-hydrogen) atoms. The minimum Gasteiger partial charge on any atom is -0.497 e. The molecular weight excluding hydrogens is 623 g/mol. The van der Waals surface area contributed by atoms with Crippen LogP contribution >= 0.6 is 24.8 Å². The molecule has 2 aliphatic rings. The number of piperazine rings is 1. The summed E-state index contributed by atoms with van der Waals surface area (Å²) >= 11 is 0. The highest BCUT2D eigenvalue weighted by atomic mass is 35.5. The van der Waals surface area contributed by atoms with Crippen molar-refractivity contribution in [2.24, 2.45) is 0 Å². The lowest BCUT2D eigenvalue weighted by atomic mass is 9.99. The number of morpholine rings is 1. The van der Waals surface area contributed by atoms with E-state index in [0.717, 1.165) is 43.9 Å². The summed E-state index contributed by atoms with van der Waals surface area (Å²) in [7, 11) is 1.23. The van der Waals surface area contributed by atoms with Gasteiger partial charge in [-0.3, -0.25) is 14.6 Å². The van der Waals surface area contributed by atoms with Crippen LogP contribution in [-0.4, -0.2) is 91.8 Å². The Balaban J connectivity index is 0.00000323. The van der Waals surface area contributed by atoms with Crippen molar-refractivity contribution in [3.63, 3.8) is 0 Å². The van der Waals surface area contributed by atoms with Gasteiger partial charge in [-0.25, -0.2) is 0 Å². The largest absolute Gasteiger partial charge is 0.497 e. The van der Waals surface area contributed by atoms with Gasteiger partial charge in [0, 0.05) is 57.4 Å². The quantitative estimate of drug-likeness (QED) is 0.339. The maximum atomic E-state index is 13.6. The molecule has 0 saturated carbocycles. The van der Waals surface area contributed by atoms with Gasteiger partial charge in [-0.2, -0.15) is 26.3 Å². The van der Waals surface area contributed by atoms with Gasteiger partial charge in [0.1, 0.15) is 5.75 Å². The second-order valence-electron chi connectivity index (χ2n) is 10.8. The summed E-state index contributed by atoms with van der Waals surface area (Å²) in [5.74, 6) is -0.670. The molecule has 0 aromatic heterocycles. The lowest BCUT2D eigenvalue weighted by Gasteiger charge is -2.43. The summed E-state index contributed by atoms with van der Waals surface area (Å²) in [5.41, 5.74) is -1.32. The zero-order chi connectivity index (χ0) is 29.9. The predicted molar refractivity (Wildman–Crippen MR) is 155 cm³/mol. The molecule has 0 aliphatic carbocycles. The molecule has 2 heterocycles. The van der Waals surface area contributed by atoms with Gasteiger partial charge in [0.25, 0.3) is 5.91 Å². The van der Waals surface area contributed by atoms with Gasteiger partial charge in [-0.1, -0.05) is 12.1 Å². The van der Waals surface area contributed by atoms with E-state index in [1.54, 1.807) is 0 Å². The van der Waals surface area contributed by atoms with Crippen LogP contribution in [0.3, 0.4) is 0 Å². The Bertz CT molecular complexity index is 1190. The van der Waals surface area contributed by atoms with Crippen LogP contribution in [-0.2, 0) is 23.5 Å². The molecule has 2 aromatic rings. The molecule has 2 fully saturated rings. The Kier molecular flexibility index (Phi) is 13.0. The molecule has 2 aliphatic heterocycles. The third-order valence-corrected chi connectivity index (χ3v) is 7.52. The van der Waals surface area contributed by atoms with Crippen molar-refractivity contribution >= 4 is 30.7 Å². The van der Waals surface area contributed by atoms with E-state index in [2.05, 4.69) is 9.80 Å². The van der Waals surface area contributed by atoms with Gasteiger partial charge in [-0.15, -0.1) is 24.8 Å². The van der Waals surface area contributed by atoms with E-state index < -0.39 is 35.4 Å². The molecular formula is C29H37Cl2F6N3O3. The molecule has 2 aromatic carbocycles. The van der Waals surface area contributed by atoms with Gasteiger partial charge in [0.05, 0.1) is 30.4 Å². The second kappa shape index (κ2) is 15.2. The van der Waals surface area contributed by atoms with Gasteiger partial charge < -0.3 is 14.4 Å². The molecule has 0 spiro atoms. The van der Waals surface area contributed by atoms with E-state index in [1.807, 2.05) is 13.8 Å². The standard InChI is InChI=1S/C29H35F6N3O3.2ClH/c1-19-16-37(17-20(2)41-19)9-8-36-10-11-38(25(18-36)12-21-4-6-23(7-5-21)28(30,31)32)27(39)22-13-24(29(33,34)35)15-26(14-22)40-3;;/h4-7,13-15,19-20,25H,8-12,16-18H2,1-3H3;2*1H/t19-,20+,25-;;/m1../s1. The SMILES string of the molecule is COc1cc(C(=O)N2CCN(CCN3C[C@@H](C)O[C@@H](C)C3)C[C@H]2Cc2ccc(C(F)(F)F)cc2)cc(C(F)(F)F)c1.Cl.Cl. The predicted octanol–water partition coefficient (Wildman–Crippen LogP) is 6.05. The Morgan fingerprint density at radius 1 is 0.837 bits per heavy atom. The molecule has 14 heteroatoms. The third-order valence-electron chi connectivity index (χ3n) is 7.52. The van der Waals surface area contributed by atoms with Crippen molar-refractivity contribution < 1.29 is 40.6 Å². The number of halogens is 8. The molecule has 1 amide bonds. The molecule has 242 valence electrons. The molecule has 0 bridgehead atoms. The smallest absolute Gasteiger partial charge is 0.416 e. The van der Waals surface area contributed by atoms with Gasteiger partial charge in [-0.05, 0) is 56.2 Å². The first-order valence-electron chi connectivity index (χ1n) is 13.6. The van der Waals surface area contributed by atoms with Crippen molar-refractivity contribution in [1.29, 1.82) is 0 Å². The molecule has 0 N–H and O–H groups in total. The second-order valence-corrected chi connectivity index (χ2v) is 10.8. The highest BCUT2D eigenvalue weighted by molar-refractivity contribution is 5.95. The van der Waals surface area contributed by atoms with Crippen LogP contribution in [0.1, 0.15) is 40.9 Å². The lowest BCUT2D eigenvalue weighted by Crippen LogP contribution is -2.57. The zero-order valence-electron chi connectivity index (χ0n) is 24.1. The number of carbonyl (C=O) groups is 1. The van der Waals surface area contributed by atoms with Crippen molar-refractivity contribution in [1.82, 2.24) is 14.7 Å². The van der Waals surface area contributed by atoms with Crippen molar-refractivity contribution in [2.45, 2.75) is 50.9 Å². The number of hydrogen-bond donors (Lipinski definition) is 0. The van der Waals surface area contributed by atoms with Crippen molar-refractivity contribution in [3.05, 3.63) is 64.7 Å². The maximum absolute atomic E-state index is 13.6. The Hall–Kier alpha value is -2.25. The minimum atomic E-state index is -4.67. The Morgan fingerprint density at radius 3 is 1.98 bits per heavy atom. The maximum Gasteiger partial charge on any atom is 0.416 e. The monoisotopic (exact) mass is 659 g/mol. The number of rotatable bonds is 7. The number of methoxy groups -OCH3 is 1. The van der Waals surface area contributed by atoms with Crippen LogP contribution in [0.25, 0.3) is 0 Å². The molecule has 6 nitrogen and oxygen atoms in total. The Morgan fingerprint density at radius 2 is 1.42 bits per heavy atom. The number of alkyl halides is 6. The number of nitrogens with zero attached hydrogens (tertiary/aromatic N) is 3. The summed E-state index contributed by atoms with van der Waals surface area (Å²) in [4.78, 5) is 19.7. The zero-order valence-corrected chi connectivity index (χ0v) is 25.7. The summed E-state index contributed by atoms with van der Waals surface area (Å²) in [6.45, 7) is 8.35.